The van der Waals surface area contributed by atoms with Gasteiger partial charge in [0.1, 0.15) is 6.54 Å². The maximum Gasteiger partial charge on any atom is 0.325 e. The molecule has 2 heterocycles. The van der Waals surface area contributed by atoms with Gasteiger partial charge >= 0.3 is 5.97 Å². The standard InChI is InChI=1S/C22H15ClN6O2S/c23-17-11-19-18(24-21(25-19)32-22-26-27-28-29(22)12-20(30)31)10-16(17)15-8-6-14(7-9-15)13-4-2-1-3-5-13/h1-11H,12H2,(H,24,25)(H,30,31). The van der Waals surface area contributed by atoms with Gasteiger partial charge in [0, 0.05) is 5.56 Å². The molecule has 2 aromatic heterocycles. The Balaban J connectivity index is 1.44. The zero-order chi connectivity index (χ0) is 22.1. The average molecular weight is 463 g/mol. The number of rotatable bonds is 6. The van der Waals surface area contributed by atoms with Crippen LogP contribution in [0.5, 0.6) is 0 Å². The quantitative estimate of drug-likeness (QED) is 0.374. The fourth-order valence-corrected chi connectivity index (χ4v) is 4.37. The molecule has 32 heavy (non-hydrogen) atoms. The Morgan fingerprint density at radius 2 is 1.75 bits per heavy atom. The second-order valence-corrected chi connectivity index (χ2v) is 8.31. The van der Waals surface area contributed by atoms with Gasteiger partial charge in [0.05, 0.1) is 16.1 Å². The molecule has 0 aliphatic heterocycles. The molecule has 2 N–H and O–H groups in total. The first kappa shape index (κ1) is 20.2. The second kappa shape index (κ2) is 8.45. The van der Waals surface area contributed by atoms with Crippen LogP contribution in [0.25, 0.3) is 33.3 Å². The van der Waals surface area contributed by atoms with E-state index in [1.165, 1.54) is 4.68 Å². The van der Waals surface area contributed by atoms with Crippen molar-refractivity contribution >= 4 is 40.4 Å². The van der Waals surface area contributed by atoms with Crippen LogP contribution in [-0.2, 0) is 11.3 Å². The van der Waals surface area contributed by atoms with Gasteiger partial charge < -0.3 is 10.1 Å². The molecular formula is C22H15ClN6O2S. The predicted molar refractivity (Wildman–Crippen MR) is 122 cm³/mol. The molecule has 0 amide bonds. The molecule has 0 radical (unpaired) electrons. The molecule has 158 valence electrons. The fourth-order valence-electron chi connectivity index (χ4n) is 3.33. The highest BCUT2D eigenvalue weighted by Gasteiger charge is 2.15. The smallest absolute Gasteiger partial charge is 0.325 e. The number of aromatic nitrogens is 6. The Hall–Kier alpha value is -3.69. The average Bonchev–Trinajstić information content (AvgIpc) is 3.39. The lowest BCUT2D eigenvalue weighted by Gasteiger charge is -2.07. The van der Waals surface area contributed by atoms with Crippen LogP contribution in [0.15, 0.2) is 77.0 Å². The number of tetrazole rings is 1. The molecular weight excluding hydrogens is 448 g/mol. The van der Waals surface area contributed by atoms with E-state index in [9.17, 15) is 4.79 Å². The van der Waals surface area contributed by atoms with Gasteiger partial charge in [0.2, 0.25) is 5.16 Å². The number of carboxylic acid groups (broad SMARTS) is 1. The van der Waals surface area contributed by atoms with Crippen LogP contribution in [0.1, 0.15) is 0 Å². The van der Waals surface area contributed by atoms with Gasteiger partial charge in [-0.05, 0) is 51.0 Å². The highest BCUT2D eigenvalue weighted by molar-refractivity contribution is 7.99. The van der Waals surface area contributed by atoms with E-state index in [1.54, 1.807) is 0 Å². The van der Waals surface area contributed by atoms with Gasteiger partial charge in [-0.15, -0.1) is 5.10 Å². The van der Waals surface area contributed by atoms with Crippen molar-refractivity contribution in [3.8, 4) is 22.3 Å². The number of fused-ring (bicyclic) bond motifs is 1. The molecule has 0 aliphatic rings. The molecule has 0 bridgehead atoms. The van der Waals surface area contributed by atoms with Crippen LogP contribution in [0.2, 0.25) is 5.02 Å². The highest BCUT2D eigenvalue weighted by atomic mass is 35.5. The van der Waals surface area contributed by atoms with E-state index in [2.05, 4.69) is 49.8 Å². The minimum Gasteiger partial charge on any atom is -0.480 e. The third-order valence-corrected chi connectivity index (χ3v) is 6.00. The van der Waals surface area contributed by atoms with Crippen LogP contribution in [0.3, 0.4) is 0 Å². The monoisotopic (exact) mass is 462 g/mol. The number of hydrogen-bond donors (Lipinski definition) is 2. The maximum absolute atomic E-state index is 11.0. The van der Waals surface area contributed by atoms with E-state index >= 15 is 0 Å². The first-order valence-electron chi connectivity index (χ1n) is 9.58. The number of aromatic amines is 1. The van der Waals surface area contributed by atoms with Crippen molar-refractivity contribution in [2.24, 2.45) is 0 Å². The number of nitrogens with one attached hydrogen (secondary N) is 1. The van der Waals surface area contributed by atoms with Crippen LogP contribution < -0.4 is 0 Å². The Bertz CT molecular complexity index is 1420. The number of H-pyrrole nitrogens is 1. The largest absolute Gasteiger partial charge is 0.480 e. The summed E-state index contributed by atoms with van der Waals surface area (Å²) in [6, 6.07) is 22.1. The van der Waals surface area contributed by atoms with Gasteiger partial charge in [-0.2, -0.15) is 0 Å². The lowest BCUT2D eigenvalue weighted by atomic mass is 10.00. The van der Waals surface area contributed by atoms with E-state index in [0.29, 0.717) is 15.3 Å². The topological polar surface area (TPSA) is 110 Å². The van der Waals surface area contributed by atoms with Crippen LogP contribution in [0, 0.1) is 0 Å². The first-order chi connectivity index (χ1) is 15.6. The summed E-state index contributed by atoms with van der Waals surface area (Å²) >= 11 is 7.72. The number of aliphatic carboxylic acids is 1. The number of benzene rings is 3. The van der Waals surface area contributed by atoms with Crippen LogP contribution >= 0.6 is 23.4 Å². The summed E-state index contributed by atoms with van der Waals surface area (Å²) in [5, 5.41) is 21.5. The molecule has 5 rings (SSSR count). The van der Waals surface area contributed by atoms with E-state index < -0.39 is 5.97 Å². The van der Waals surface area contributed by atoms with Gasteiger partial charge in [0.25, 0.3) is 0 Å². The summed E-state index contributed by atoms with van der Waals surface area (Å²) < 4.78 is 1.20. The number of carboxylic acids is 1. The highest BCUT2D eigenvalue weighted by Crippen LogP contribution is 2.34. The van der Waals surface area contributed by atoms with E-state index in [0.717, 1.165) is 45.0 Å². The summed E-state index contributed by atoms with van der Waals surface area (Å²) in [6.07, 6.45) is 0. The minimum absolute atomic E-state index is 0.328. The lowest BCUT2D eigenvalue weighted by molar-refractivity contribution is -0.138. The van der Waals surface area contributed by atoms with E-state index in [4.69, 9.17) is 16.7 Å². The molecule has 0 unspecified atom stereocenters. The van der Waals surface area contributed by atoms with Crippen molar-refractivity contribution in [3.05, 3.63) is 71.8 Å². The first-order valence-corrected chi connectivity index (χ1v) is 10.8. The van der Waals surface area contributed by atoms with Gasteiger partial charge in [-0.3, -0.25) is 4.79 Å². The van der Waals surface area contributed by atoms with E-state index in [1.807, 2.05) is 42.5 Å². The summed E-state index contributed by atoms with van der Waals surface area (Å²) in [4.78, 5) is 18.7. The van der Waals surface area contributed by atoms with Crippen molar-refractivity contribution in [1.82, 2.24) is 30.2 Å². The molecule has 5 aromatic rings. The van der Waals surface area contributed by atoms with E-state index in [-0.39, 0.29) is 6.54 Å². The normalized spacial score (nSPS) is 11.2. The van der Waals surface area contributed by atoms with Gasteiger partial charge in [-0.25, -0.2) is 9.67 Å². The summed E-state index contributed by atoms with van der Waals surface area (Å²) in [7, 11) is 0. The molecule has 0 saturated carbocycles. The fraction of sp³-hybridized carbons (Fsp3) is 0.0455. The van der Waals surface area contributed by atoms with Gasteiger partial charge in [0.15, 0.2) is 5.16 Å². The lowest BCUT2D eigenvalue weighted by Crippen LogP contribution is -2.11. The van der Waals surface area contributed by atoms with Crippen molar-refractivity contribution < 1.29 is 9.90 Å². The second-order valence-electron chi connectivity index (χ2n) is 6.95. The third kappa shape index (κ3) is 4.08. The molecule has 0 aliphatic carbocycles. The molecule has 3 aromatic carbocycles. The number of nitrogens with zero attached hydrogens (tertiary/aromatic N) is 5. The Morgan fingerprint density at radius 1 is 1.03 bits per heavy atom. The molecule has 0 spiro atoms. The minimum atomic E-state index is -1.03. The number of carbonyl (C=O) groups is 1. The molecule has 0 fully saturated rings. The summed E-state index contributed by atoms with van der Waals surface area (Å²) in [6.45, 7) is -0.329. The van der Waals surface area contributed by atoms with Crippen molar-refractivity contribution in [2.45, 2.75) is 16.9 Å². The Labute approximate surface area is 191 Å². The third-order valence-electron chi connectivity index (χ3n) is 4.82. The summed E-state index contributed by atoms with van der Waals surface area (Å²) in [5.74, 6) is -1.03. The number of imidazole rings is 1. The molecule has 8 nitrogen and oxygen atoms in total. The molecule has 10 heteroatoms. The van der Waals surface area contributed by atoms with Gasteiger partial charge in [-0.1, -0.05) is 66.2 Å². The number of hydrogen-bond acceptors (Lipinski definition) is 6. The zero-order valence-corrected chi connectivity index (χ0v) is 18.0. The molecule has 0 atom stereocenters. The zero-order valence-electron chi connectivity index (χ0n) is 16.4. The van der Waals surface area contributed by atoms with Crippen molar-refractivity contribution in [1.29, 1.82) is 0 Å². The Morgan fingerprint density at radius 3 is 2.50 bits per heavy atom. The van der Waals surface area contributed by atoms with Crippen molar-refractivity contribution in [2.75, 3.05) is 0 Å². The maximum atomic E-state index is 11.0. The van der Waals surface area contributed by atoms with Crippen LogP contribution in [-0.4, -0.2) is 41.3 Å². The Kier molecular flexibility index (Phi) is 5.34. The molecule has 0 saturated heterocycles. The predicted octanol–water partition coefficient (Wildman–Crippen LogP) is 4.77. The number of halogens is 1. The van der Waals surface area contributed by atoms with Crippen LogP contribution in [0.4, 0.5) is 0 Å². The van der Waals surface area contributed by atoms with Crippen molar-refractivity contribution in [3.63, 3.8) is 0 Å². The SMILES string of the molecule is O=C(O)Cn1nnnc1Sc1nc2cc(-c3ccc(-c4ccccc4)cc3)c(Cl)cc2[nH]1. The summed E-state index contributed by atoms with van der Waals surface area (Å²) in [5.41, 5.74) is 5.64.